The van der Waals surface area contributed by atoms with Gasteiger partial charge in [0.25, 0.3) is 0 Å². The van der Waals surface area contributed by atoms with Gasteiger partial charge >= 0.3 is 0 Å². The Morgan fingerprint density at radius 1 is 0.425 bits per heavy atom. The van der Waals surface area contributed by atoms with Gasteiger partial charge in [0.2, 0.25) is 0 Å². The summed E-state index contributed by atoms with van der Waals surface area (Å²) in [5.74, 6) is 0. The molecule has 1 aromatic heterocycles. The van der Waals surface area contributed by atoms with Crippen LogP contribution in [0.25, 0.3) is 71.3 Å². The Morgan fingerprint density at radius 3 is 2.08 bits per heavy atom. The minimum atomic E-state index is 1.18. The highest BCUT2D eigenvalue weighted by molar-refractivity contribution is 7.99. The van der Waals surface area contributed by atoms with Crippen LogP contribution in [0.1, 0.15) is 0 Å². The average molecular weight is 526 g/mol. The Kier molecular flexibility index (Phi) is 4.61. The smallest absolute Gasteiger partial charge is 0.0547 e. The van der Waals surface area contributed by atoms with Gasteiger partial charge in [-0.3, -0.25) is 0 Å². The van der Waals surface area contributed by atoms with Crippen LogP contribution >= 0.6 is 11.8 Å². The molecule has 0 bridgehead atoms. The fraction of sp³-hybridized carbons (Fsp3) is 0. The Balaban J connectivity index is 1.19. The molecule has 0 fully saturated rings. The largest absolute Gasteiger partial charge is 0.309 e. The maximum absolute atomic E-state index is 2.40. The molecule has 9 rings (SSSR count). The molecule has 0 N–H and O–H groups in total. The van der Waals surface area contributed by atoms with E-state index in [-0.39, 0.29) is 0 Å². The summed E-state index contributed by atoms with van der Waals surface area (Å²) in [5.41, 5.74) is 8.79. The lowest BCUT2D eigenvalue weighted by molar-refractivity contribution is 1.18. The standard InChI is InChI=1S/C38H23NS/c1-2-10-29-25(7-1)17-21-34-38(29)31-11-3-4-13-33(31)39(34)28-19-15-24(16-20-28)27-18-22-35-32(23-27)30-12-5-8-26-9-6-14-36(40-35)37(26)30/h1-23H. The van der Waals surface area contributed by atoms with Crippen molar-refractivity contribution in [1.82, 2.24) is 4.57 Å². The van der Waals surface area contributed by atoms with E-state index in [0.29, 0.717) is 0 Å². The van der Waals surface area contributed by atoms with Gasteiger partial charge in [-0.2, -0.15) is 0 Å². The van der Waals surface area contributed by atoms with Crippen molar-refractivity contribution < 1.29 is 0 Å². The molecule has 7 aromatic carbocycles. The third-order valence-corrected chi connectivity index (χ3v) is 9.51. The predicted octanol–water partition coefficient (Wildman–Crippen LogP) is 10.9. The van der Waals surface area contributed by atoms with E-state index >= 15 is 0 Å². The fourth-order valence-electron chi connectivity index (χ4n) is 6.56. The zero-order valence-corrected chi connectivity index (χ0v) is 22.5. The Labute approximate surface area is 236 Å². The molecule has 1 nitrogen and oxygen atoms in total. The Morgan fingerprint density at radius 2 is 1.18 bits per heavy atom. The third kappa shape index (κ3) is 3.11. The van der Waals surface area contributed by atoms with Crippen LogP contribution < -0.4 is 0 Å². The second-order valence-corrected chi connectivity index (χ2v) is 11.6. The van der Waals surface area contributed by atoms with Crippen molar-refractivity contribution in [3.05, 3.63) is 140 Å². The molecule has 2 heterocycles. The summed E-state index contributed by atoms with van der Waals surface area (Å²) in [4.78, 5) is 2.67. The molecule has 1 aliphatic rings. The molecular formula is C38H23NS. The zero-order valence-electron chi connectivity index (χ0n) is 21.6. The van der Waals surface area contributed by atoms with Crippen LogP contribution in [0.3, 0.4) is 0 Å². The molecule has 0 amide bonds. The molecule has 2 heteroatoms. The summed E-state index contributed by atoms with van der Waals surface area (Å²) < 4.78 is 2.40. The van der Waals surface area contributed by atoms with Crippen molar-refractivity contribution in [3.63, 3.8) is 0 Å². The van der Waals surface area contributed by atoms with Crippen LogP contribution in [0, 0.1) is 0 Å². The van der Waals surface area contributed by atoms with Crippen LogP contribution in [-0.2, 0) is 0 Å². The van der Waals surface area contributed by atoms with E-state index in [1.165, 1.54) is 81.1 Å². The SMILES string of the molecule is c1cc2c3c(cccc3c1)-c1cc(-c3ccc(-n4c5ccccc5c5c6ccccc6ccc54)cc3)ccc1S2. The first-order valence-electron chi connectivity index (χ1n) is 13.7. The maximum atomic E-state index is 2.40. The van der Waals surface area contributed by atoms with Crippen LogP contribution in [0.5, 0.6) is 0 Å². The minimum Gasteiger partial charge on any atom is -0.309 e. The normalized spacial score (nSPS) is 12.4. The van der Waals surface area contributed by atoms with E-state index in [2.05, 4.69) is 144 Å². The second kappa shape index (κ2) is 8.35. The van der Waals surface area contributed by atoms with Gasteiger partial charge in [0.05, 0.1) is 11.0 Å². The van der Waals surface area contributed by atoms with E-state index in [1.807, 2.05) is 11.8 Å². The van der Waals surface area contributed by atoms with Crippen molar-refractivity contribution in [3.8, 4) is 27.9 Å². The third-order valence-electron chi connectivity index (χ3n) is 8.38. The number of para-hydroxylation sites is 1. The molecule has 186 valence electrons. The highest BCUT2D eigenvalue weighted by atomic mass is 32.2. The number of nitrogens with zero attached hydrogens (tertiary/aromatic N) is 1. The summed E-state index contributed by atoms with van der Waals surface area (Å²) in [6.45, 7) is 0. The Hall–Kier alpha value is -4.79. The molecule has 0 radical (unpaired) electrons. The molecule has 0 saturated heterocycles. The van der Waals surface area contributed by atoms with Gasteiger partial charge in [0.15, 0.2) is 0 Å². The summed E-state index contributed by atoms with van der Waals surface area (Å²) in [7, 11) is 0. The number of hydrogen-bond donors (Lipinski definition) is 0. The minimum absolute atomic E-state index is 1.18. The molecule has 0 spiro atoms. The van der Waals surface area contributed by atoms with Gasteiger partial charge in [-0.25, -0.2) is 0 Å². The Bertz CT molecular complexity index is 2280. The lowest BCUT2D eigenvalue weighted by Gasteiger charge is -2.21. The number of rotatable bonds is 2. The van der Waals surface area contributed by atoms with Crippen LogP contribution in [-0.4, -0.2) is 4.57 Å². The molecule has 40 heavy (non-hydrogen) atoms. The summed E-state index contributed by atoms with van der Waals surface area (Å²) in [6, 6.07) is 51.2. The van der Waals surface area contributed by atoms with Crippen LogP contribution in [0.2, 0.25) is 0 Å². The molecule has 1 aliphatic heterocycles. The molecular weight excluding hydrogens is 502 g/mol. The lowest BCUT2D eigenvalue weighted by Crippen LogP contribution is -1.95. The second-order valence-electron chi connectivity index (χ2n) is 10.6. The first kappa shape index (κ1) is 22.1. The summed E-state index contributed by atoms with van der Waals surface area (Å²) in [5, 5.41) is 7.86. The van der Waals surface area contributed by atoms with Gasteiger partial charge in [-0.05, 0) is 80.9 Å². The van der Waals surface area contributed by atoms with Crippen molar-refractivity contribution >= 4 is 55.1 Å². The van der Waals surface area contributed by atoms with Crippen LogP contribution in [0.15, 0.2) is 149 Å². The highest BCUT2D eigenvalue weighted by Gasteiger charge is 2.20. The van der Waals surface area contributed by atoms with Crippen molar-refractivity contribution in [1.29, 1.82) is 0 Å². The molecule has 0 unspecified atom stereocenters. The number of hydrogen-bond acceptors (Lipinski definition) is 1. The number of aromatic nitrogens is 1. The molecule has 0 aliphatic carbocycles. The highest BCUT2D eigenvalue weighted by Crippen LogP contribution is 2.48. The molecule has 8 aromatic rings. The average Bonchev–Trinajstić information content (AvgIpc) is 3.36. The maximum Gasteiger partial charge on any atom is 0.0547 e. The van der Waals surface area contributed by atoms with E-state index in [1.54, 1.807) is 0 Å². The van der Waals surface area contributed by atoms with Gasteiger partial charge < -0.3 is 4.57 Å². The van der Waals surface area contributed by atoms with E-state index in [9.17, 15) is 0 Å². The molecule has 0 atom stereocenters. The van der Waals surface area contributed by atoms with Crippen molar-refractivity contribution in [2.75, 3.05) is 0 Å². The monoisotopic (exact) mass is 525 g/mol. The van der Waals surface area contributed by atoms with Gasteiger partial charge in [0.1, 0.15) is 0 Å². The number of benzene rings is 7. The summed E-state index contributed by atoms with van der Waals surface area (Å²) in [6.07, 6.45) is 0. The van der Waals surface area contributed by atoms with Gasteiger partial charge in [-0.15, -0.1) is 0 Å². The van der Waals surface area contributed by atoms with E-state index in [0.717, 1.165) is 0 Å². The van der Waals surface area contributed by atoms with Crippen LogP contribution in [0.4, 0.5) is 0 Å². The lowest BCUT2D eigenvalue weighted by atomic mass is 9.94. The van der Waals surface area contributed by atoms with Crippen molar-refractivity contribution in [2.24, 2.45) is 0 Å². The van der Waals surface area contributed by atoms with E-state index in [4.69, 9.17) is 0 Å². The zero-order chi connectivity index (χ0) is 26.2. The first-order chi connectivity index (χ1) is 19.8. The molecule has 0 saturated carbocycles. The van der Waals surface area contributed by atoms with Crippen molar-refractivity contribution in [2.45, 2.75) is 9.79 Å². The van der Waals surface area contributed by atoms with Gasteiger partial charge in [0, 0.05) is 31.6 Å². The summed E-state index contributed by atoms with van der Waals surface area (Å²) >= 11 is 1.88. The van der Waals surface area contributed by atoms with E-state index < -0.39 is 0 Å². The fourth-order valence-corrected chi connectivity index (χ4v) is 7.69. The first-order valence-corrected chi connectivity index (χ1v) is 14.5. The quantitative estimate of drug-likeness (QED) is 0.217. The van der Waals surface area contributed by atoms with Gasteiger partial charge in [-0.1, -0.05) is 109 Å². The topological polar surface area (TPSA) is 4.93 Å². The number of fused-ring (bicyclic) bond motifs is 7. The predicted molar refractivity (Wildman–Crippen MR) is 171 cm³/mol.